The van der Waals surface area contributed by atoms with E-state index in [0.717, 1.165) is 24.1 Å². The lowest BCUT2D eigenvalue weighted by Gasteiger charge is -2.44. The molecule has 0 unspecified atom stereocenters. The van der Waals surface area contributed by atoms with Gasteiger partial charge in [0.05, 0.1) is 11.2 Å². The summed E-state index contributed by atoms with van der Waals surface area (Å²) in [4.78, 5) is 16.1. The van der Waals surface area contributed by atoms with Gasteiger partial charge in [0.25, 0.3) is 0 Å². The van der Waals surface area contributed by atoms with Crippen molar-refractivity contribution >= 4 is 21.6 Å². The smallest absolute Gasteiger partial charge is 0.237 e. The highest BCUT2D eigenvalue weighted by Crippen LogP contribution is 2.41. The molecule has 0 aromatic heterocycles. The van der Waals surface area contributed by atoms with Gasteiger partial charge >= 0.3 is 0 Å². The fraction of sp³-hybridized carbons (Fsp3) is 0.458. The van der Waals surface area contributed by atoms with Crippen molar-refractivity contribution < 1.29 is 13.2 Å². The summed E-state index contributed by atoms with van der Waals surface area (Å²) in [6.07, 6.45) is 2.95. The highest BCUT2D eigenvalue weighted by Gasteiger charge is 2.47. The number of aryl methyl sites for hydroxylation is 2. The minimum absolute atomic E-state index is 0.0954. The number of carbonyl (C=O) groups excluding carboxylic acids is 1. The largest absolute Gasteiger partial charge is 0.311 e. The number of rotatable bonds is 4. The van der Waals surface area contributed by atoms with Gasteiger partial charge in [-0.05, 0) is 56.7 Å². The number of sulfonamides is 1. The number of nitrogens with zero attached hydrogens (tertiary/aromatic N) is 2. The van der Waals surface area contributed by atoms with Gasteiger partial charge in [-0.2, -0.15) is 0 Å². The summed E-state index contributed by atoms with van der Waals surface area (Å²) in [6, 6.07) is 16.2. The third-order valence-electron chi connectivity index (χ3n) is 6.67. The Hall–Kier alpha value is -2.18. The maximum absolute atomic E-state index is 14.1. The number of amides is 1. The fourth-order valence-electron chi connectivity index (χ4n) is 4.91. The highest BCUT2D eigenvalue weighted by atomic mass is 32.2. The lowest BCUT2D eigenvalue weighted by atomic mass is 9.71. The lowest BCUT2D eigenvalue weighted by Crippen LogP contribution is -2.55. The van der Waals surface area contributed by atoms with Crippen LogP contribution in [0.25, 0.3) is 0 Å². The molecule has 0 atom stereocenters. The maximum atomic E-state index is 14.1. The van der Waals surface area contributed by atoms with Crippen molar-refractivity contribution in [1.82, 2.24) is 4.31 Å². The van der Waals surface area contributed by atoms with E-state index in [1.807, 2.05) is 35.2 Å². The molecule has 2 aliphatic rings. The van der Waals surface area contributed by atoms with E-state index in [9.17, 15) is 13.2 Å². The number of hydrogen-bond donors (Lipinski definition) is 0. The first kappa shape index (κ1) is 21.1. The van der Waals surface area contributed by atoms with E-state index in [4.69, 9.17) is 0 Å². The zero-order valence-electron chi connectivity index (χ0n) is 17.8. The van der Waals surface area contributed by atoms with E-state index in [0.29, 0.717) is 32.5 Å². The Labute approximate surface area is 179 Å². The molecule has 6 heteroatoms. The van der Waals surface area contributed by atoms with E-state index >= 15 is 0 Å². The second-order valence-electron chi connectivity index (χ2n) is 8.44. The Kier molecular flexibility index (Phi) is 5.73. The Morgan fingerprint density at radius 2 is 1.73 bits per heavy atom. The number of hydrogen-bond acceptors (Lipinski definition) is 3. The molecule has 5 nitrogen and oxygen atoms in total. The lowest BCUT2D eigenvalue weighted by molar-refractivity contribution is -0.125. The van der Waals surface area contributed by atoms with Crippen molar-refractivity contribution in [2.24, 2.45) is 0 Å². The van der Waals surface area contributed by atoms with Crippen molar-refractivity contribution in [3.63, 3.8) is 0 Å². The molecule has 1 amide bonds. The Morgan fingerprint density at radius 1 is 1.03 bits per heavy atom. The predicted molar refractivity (Wildman–Crippen MR) is 120 cm³/mol. The number of anilines is 1. The van der Waals surface area contributed by atoms with Crippen LogP contribution in [0.1, 0.15) is 42.9 Å². The summed E-state index contributed by atoms with van der Waals surface area (Å²) < 4.78 is 26.3. The molecule has 0 bridgehead atoms. The first-order chi connectivity index (χ1) is 14.4. The minimum Gasteiger partial charge on any atom is -0.311 e. The van der Waals surface area contributed by atoms with Gasteiger partial charge in [0.1, 0.15) is 0 Å². The van der Waals surface area contributed by atoms with Crippen LogP contribution in [-0.2, 0) is 26.7 Å². The summed E-state index contributed by atoms with van der Waals surface area (Å²) in [7, 11) is -3.25. The van der Waals surface area contributed by atoms with Crippen LogP contribution in [0.3, 0.4) is 0 Å². The van der Waals surface area contributed by atoms with Crippen LogP contribution in [0.15, 0.2) is 48.5 Å². The van der Waals surface area contributed by atoms with Crippen LogP contribution in [0.2, 0.25) is 0 Å². The number of benzene rings is 2. The Morgan fingerprint density at radius 3 is 2.40 bits per heavy atom. The van der Waals surface area contributed by atoms with Crippen LogP contribution < -0.4 is 4.90 Å². The molecule has 160 valence electrons. The van der Waals surface area contributed by atoms with Crippen LogP contribution >= 0.6 is 0 Å². The summed E-state index contributed by atoms with van der Waals surface area (Å²) in [5.74, 6) is 0.199. The van der Waals surface area contributed by atoms with E-state index in [2.05, 4.69) is 25.1 Å². The van der Waals surface area contributed by atoms with Crippen molar-refractivity contribution in [2.75, 3.05) is 30.3 Å². The Balaban J connectivity index is 1.72. The van der Waals surface area contributed by atoms with Gasteiger partial charge in [0.2, 0.25) is 15.9 Å². The zero-order chi connectivity index (χ0) is 21.4. The quantitative estimate of drug-likeness (QED) is 0.750. The molecule has 1 saturated heterocycles. The summed E-state index contributed by atoms with van der Waals surface area (Å²) >= 11 is 0. The topological polar surface area (TPSA) is 57.7 Å². The standard InChI is InChI=1S/C24H30N2O3S/c1-3-30(28,29)25-16-13-24(14-17-25,21-9-5-4-6-10-21)23(27)26-15-7-8-20-18-19(2)11-12-22(20)26/h4-6,9-12,18H,3,7-8,13-17H2,1-2H3. The predicted octanol–water partition coefficient (Wildman–Crippen LogP) is 3.66. The molecule has 0 aliphatic carbocycles. The van der Waals surface area contributed by atoms with Crippen molar-refractivity contribution in [3.8, 4) is 0 Å². The molecule has 2 aliphatic heterocycles. The molecule has 1 fully saturated rings. The molecule has 2 aromatic carbocycles. The average Bonchev–Trinajstić information content (AvgIpc) is 2.78. The minimum atomic E-state index is -3.25. The first-order valence-electron chi connectivity index (χ1n) is 10.8. The first-order valence-corrected chi connectivity index (χ1v) is 12.4. The molecule has 0 spiro atoms. The third kappa shape index (κ3) is 3.67. The van der Waals surface area contributed by atoms with Gasteiger partial charge < -0.3 is 4.90 Å². The molecule has 0 N–H and O–H groups in total. The second-order valence-corrected chi connectivity index (χ2v) is 10.7. The maximum Gasteiger partial charge on any atom is 0.237 e. The van der Waals surface area contributed by atoms with Crippen LogP contribution in [0, 0.1) is 6.92 Å². The van der Waals surface area contributed by atoms with Gasteiger partial charge in [-0.15, -0.1) is 0 Å². The number of fused-ring (bicyclic) bond motifs is 1. The number of carbonyl (C=O) groups is 1. The summed E-state index contributed by atoms with van der Waals surface area (Å²) in [5, 5.41) is 0. The SMILES string of the molecule is CCS(=O)(=O)N1CCC(C(=O)N2CCCc3cc(C)ccc32)(c2ccccc2)CC1. The normalized spacial score (nSPS) is 19.3. The molecule has 0 saturated carbocycles. The highest BCUT2D eigenvalue weighted by molar-refractivity contribution is 7.89. The van der Waals surface area contributed by atoms with Gasteiger partial charge in [-0.25, -0.2) is 12.7 Å². The zero-order valence-corrected chi connectivity index (χ0v) is 18.6. The van der Waals surface area contributed by atoms with E-state index in [1.165, 1.54) is 11.1 Å². The van der Waals surface area contributed by atoms with E-state index < -0.39 is 15.4 Å². The molecule has 2 heterocycles. The molecular weight excluding hydrogens is 396 g/mol. The van der Waals surface area contributed by atoms with E-state index in [-0.39, 0.29) is 11.7 Å². The third-order valence-corrected chi connectivity index (χ3v) is 8.55. The van der Waals surface area contributed by atoms with Gasteiger partial charge in [-0.3, -0.25) is 4.79 Å². The van der Waals surface area contributed by atoms with Crippen LogP contribution in [-0.4, -0.2) is 44.0 Å². The fourth-order valence-corrected chi connectivity index (χ4v) is 6.01. The van der Waals surface area contributed by atoms with Gasteiger partial charge in [0, 0.05) is 25.3 Å². The number of piperidine rings is 1. The van der Waals surface area contributed by atoms with Gasteiger partial charge in [-0.1, -0.05) is 48.0 Å². The molecular formula is C24H30N2O3S. The summed E-state index contributed by atoms with van der Waals surface area (Å²) in [5.41, 5.74) is 3.74. The van der Waals surface area contributed by atoms with Crippen molar-refractivity contribution in [3.05, 3.63) is 65.2 Å². The second kappa shape index (κ2) is 8.16. The van der Waals surface area contributed by atoms with Crippen LogP contribution in [0.4, 0.5) is 5.69 Å². The van der Waals surface area contributed by atoms with Crippen LogP contribution in [0.5, 0.6) is 0 Å². The molecule has 2 aromatic rings. The molecule has 4 rings (SSSR count). The van der Waals surface area contributed by atoms with Crippen molar-refractivity contribution in [2.45, 2.75) is 44.9 Å². The molecule has 0 radical (unpaired) electrons. The van der Waals surface area contributed by atoms with E-state index in [1.54, 1.807) is 11.2 Å². The van der Waals surface area contributed by atoms with Gasteiger partial charge in [0.15, 0.2) is 0 Å². The summed E-state index contributed by atoms with van der Waals surface area (Å²) in [6.45, 7) is 5.22. The monoisotopic (exact) mass is 426 g/mol. The molecule has 30 heavy (non-hydrogen) atoms. The van der Waals surface area contributed by atoms with Crippen molar-refractivity contribution in [1.29, 1.82) is 0 Å². The average molecular weight is 427 g/mol. The Bertz CT molecular complexity index is 1030.